The average Bonchev–Trinajstić information content (AvgIpc) is 2.53. The first-order chi connectivity index (χ1) is 11.5. The van der Waals surface area contributed by atoms with Gasteiger partial charge in [0.1, 0.15) is 23.1 Å². The maximum atomic E-state index is 13.6. The number of halogens is 2. The molecule has 0 aromatic heterocycles. The van der Waals surface area contributed by atoms with Crippen LogP contribution in [0.15, 0.2) is 42.0 Å². The largest absolute Gasteiger partial charge is 0.506 e. The Kier molecular flexibility index (Phi) is 4.18. The van der Waals surface area contributed by atoms with Gasteiger partial charge in [-0.2, -0.15) is 0 Å². The van der Waals surface area contributed by atoms with Crippen LogP contribution in [0, 0.1) is 11.6 Å². The molecule has 0 spiro atoms. The zero-order valence-electron chi connectivity index (χ0n) is 12.5. The second-order valence-corrected chi connectivity index (χ2v) is 5.36. The lowest BCUT2D eigenvalue weighted by atomic mass is 10.0. The van der Waals surface area contributed by atoms with E-state index in [1.807, 2.05) is 0 Å². The first kappa shape index (κ1) is 15.9. The molecular weight excluding hydrogens is 318 g/mol. The van der Waals surface area contributed by atoms with Crippen LogP contribution in [-0.4, -0.2) is 22.8 Å². The summed E-state index contributed by atoms with van der Waals surface area (Å²) in [6.45, 7) is -0.233. The molecule has 1 aliphatic heterocycles. The molecule has 0 saturated carbocycles. The first-order valence-electron chi connectivity index (χ1n) is 7.17. The van der Waals surface area contributed by atoms with Crippen molar-refractivity contribution in [2.75, 3.05) is 11.6 Å². The van der Waals surface area contributed by atoms with Crippen molar-refractivity contribution in [2.45, 2.75) is 6.54 Å². The smallest absolute Gasteiger partial charge is 0.249 e. The molecule has 2 aromatic rings. The number of rotatable bonds is 3. The number of para-hydroxylation sites is 1. The zero-order chi connectivity index (χ0) is 17.3. The van der Waals surface area contributed by atoms with Gasteiger partial charge in [0.05, 0.1) is 6.54 Å². The third kappa shape index (κ3) is 3.07. The SMILES string of the molecule is O=C(NCc1ccc(F)cc1F)C1=Cc2cccc(O)c2N(O)C1. The molecule has 1 heterocycles. The maximum absolute atomic E-state index is 13.6. The molecule has 1 aliphatic rings. The summed E-state index contributed by atoms with van der Waals surface area (Å²) < 4.78 is 26.4. The number of fused-ring (bicyclic) bond motifs is 1. The van der Waals surface area contributed by atoms with Gasteiger partial charge in [-0.05, 0) is 18.2 Å². The number of amides is 1. The van der Waals surface area contributed by atoms with Crippen molar-refractivity contribution in [1.29, 1.82) is 0 Å². The standard InChI is InChI=1S/C17H14F2N2O3/c18-13-5-4-11(14(19)7-13)8-20-17(23)12-6-10-2-1-3-15(22)16(10)21(24)9-12/h1-7,22,24H,8-9H2,(H,20,23). The van der Waals surface area contributed by atoms with Crippen molar-refractivity contribution in [3.8, 4) is 5.75 Å². The second-order valence-electron chi connectivity index (χ2n) is 5.36. The Morgan fingerprint density at radius 3 is 2.79 bits per heavy atom. The molecular formula is C17H14F2N2O3. The highest BCUT2D eigenvalue weighted by atomic mass is 19.1. The third-order valence-electron chi connectivity index (χ3n) is 3.70. The highest BCUT2D eigenvalue weighted by Crippen LogP contribution is 2.35. The molecule has 0 atom stereocenters. The molecule has 124 valence electrons. The number of benzene rings is 2. The molecule has 0 fully saturated rings. The molecule has 5 nitrogen and oxygen atoms in total. The molecule has 2 aromatic carbocycles. The van der Waals surface area contributed by atoms with E-state index in [0.717, 1.165) is 17.2 Å². The molecule has 3 rings (SSSR count). The lowest BCUT2D eigenvalue weighted by molar-refractivity contribution is -0.117. The van der Waals surface area contributed by atoms with Crippen LogP contribution in [-0.2, 0) is 11.3 Å². The minimum Gasteiger partial charge on any atom is -0.506 e. The predicted molar refractivity (Wildman–Crippen MR) is 83.4 cm³/mol. The molecule has 0 saturated heterocycles. The van der Waals surface area contributed by atoms with Crippen molar-refractivity contribution in [3.63, 3.8) is 0 Å². The summed E-state index contributed by atoms with van der Waals surface area (Å²) in [4.78, 5) is 12.2. The minimum atomic E-state index is -0.744. The summed E-state index contributed by atoms with van der Waals surface area (Å²) in [5, 5.41) is 23.0. The number of phenolic OH excluding ortho intramolecular Hbond substituents is 1. The van der Waals surface area contributed by atoms with E-state index < -0.39 is 17.5 Å². The maximum Gasteiger partial charge on any atom is 0.249 e. The van der Waals surface area contributed by atoms with E-state index in [4.69, 9.17) is 0 Å². The Morgan fingerprint density at radius 2 is 2.04 bits per heavy atom. The zero-order valence-corrected chi connectivity index (χ0v) is 12.5. The summed E-state index contributed by atoms with van der Waals surface area (Å²) in [5.41, 5.74) is 1.11. The van der Waals surface area contributed by atoms with Gasteiger partial charge < -0.3 is 10.4 Å². The fourth-order valence-electron chi connectivity index (χ4n) is 2.51. The molecule has 1 amide bonds. The quantitative estimate of drug-likeness (QED) is 0.808. The third-order valence-corrected chi connectivity index (χ3v) is 3.70. The number of carbonyl (C=O) groups excluding carboxylic acids is 1. The van der Waals surface area contributed by atoms with E-state index in [1.54, 1.807) is 12.1 Å². The summed E-state index contributed by atoms with van der Waals surface area (Å²) in [6.07, 6.45) is 1.54. The van der Waals surface area contributed by atoms with Gasteiger partial charge in [-0.15, -0.1) is 0 Å². The van der Waals surface area contributed by atoms with Gasteiger partial charge in [0, 0.05) is 29.3 Å². The number of phenols is 1. The lowest BCUT2D eigenvalue weighted by Gasteiger charge is -2.25. The van der Waals surface area contributed by atoms with E-state index in [2.05, 4.69) is 5.32 Å². The molecule has 3 N–H and O–H groups in total. The summed E-state index contributed by atoms with van der Waals surface area (Å²) in [5.74, 6) is -2.03. The molecule has 0 aliphatic carbocycles. The van der Waals surface area contributed by atoms with Crippen molar-refractivity contribution >= 4 is 17.7 Å². The number of nitrogens with one attached hydrogen (secondary N) is 1. The second kappa shape index (κ2) is 6.29. The number of hydrogen-bond donors (Lipinski definition) is 3. The van der Waals surface area contributed by atoms with Crippen LogP contribution < -0.4 is 10.4 Å². The van der Waals surface area contributed by atoms with E-state index in [9.17, 15) is 23.9 Å². The molecule has 0 unspecified atom stereocenters. The Morgan fingerprint density at radius 1 is 1.25 bits per heavy atom. The average molecular weight is 332 g/mol. The first-order valence-corrected chi connectivity index (χ1v) is 7.17. The summed E-state index contributed by atoms with van der Waals surface area (Å²) in [6, 6.07) is 7.77. The number of nitrogens with zero attached hydrogens (tertiary/aromatic N) is 1. The van der Waals surface area contributed by atoms with Crippen molar-refractivity contribution in [1.82, 2.24) is 5.32 Å². The van der Waals surface area contributed by atoms with Gasteiger partial charge in [-0.25, -0.2) is 13.8 Å². The Hall–Kier alpha value is -2.93. The topological polar surface area (TPSA) is 72.8 Å². The van der Waals surface area contributed by atoms with Crippen LogP contribution in [0.1, 0.15) is 11.1 Å². The minimum absolute atomic E-state index is 0.0981. The van der Waals surface area contributed by atoms with Crippen LogP contribution in [0.3, 0.4) is 0 Å². The number of hydrogen-bond acceptors (Lipinski definition) is 4. The van der Waals surface area contributed by atoms with E-state index >= 15 is 0 Å². The molecule has 0 radical (unpaired) electrons. The van der Waals surface area contributed by atoms with Gasteiger partial charge in [0.2, 0.25) is 5.91 Å². The van der Waals surface area contributed by atoms with Crippen LogP contribution in [0.2, 0.25) is 0 Å². The summed E-state index contributed by atoms with van der Waals surface area (Å²) in [7, 11) is 0. The molecule has 24 heavy (non-hydrogen) atoms. The van der Waals surface area contributed by atoms with Gasteiger partial charge in [-0.1, -0.05) is 18.2 Å². The highest BCUT2D eigenvalue weighted by Gasteiger charge is 2.23. The predicted octanol–water partition coefficient (Wildman–Crippen LogP) is 2.58. The Bertz CT molecular complexity index is 837. The fourth-order valence-corrected chi connectivity index (χ4v) is 2.51. The van der Waals surface area contributed by atoms with Gasteiger partial charge in [0.15, 0.2) is 0 Å². The van der Waals surface area contributed by atoms with Crippen molar-refractivity contribution in [2.24, 2.45) is 0 Å². The van der Waals surface area contributed by atoms with E-state index in [1.165, 1.54) is 18.2 Å². The highest BCUT2D eigenvalue weighted by molar-refractivity contribution is 6.01. The van der Waals surface area contributed by atoms with Crippen LogP contribution in [0.5, 0.6) is 5.75 Å². The Labute approximate surface area is 136 Å². The molecule has 7 heteroatoms. The van der Waals surface area contributed by atoms with Crippen LogP contribution in [0.4, 0.5) is 14.5 Å². The monoisotopic (exact) mass is 332 g/mol. The van der Waals surface area contributed by atoms with Gasteiger partial charge in [0.25, 0.3) is 0 Å². The summed E-state index contributed by atoms with van der Waals surface area (Å²) >= 11 is 0. The van der Waals surface area contributed by atoms with E-state index in [0.29, 0.717) is 5.56 Å². The van der Waals surface area contributed by atoms with E-state index in [-0.39, 0.29) is 35.7 Å². The number of carbonyl (C=O) groups is 1. The number of anilines is 1. The van der Waals surface area contributed by atoms with Gasteiger partial charge >= 0.3 is 0 Å². The number of hydroxylamine groups is 1. The molecule has 0 bridgehead atoms. The van der Waals surface area contributed by atoms with Crippen molar-refractivity contribution < 1.29 is 23.9 Å². The van der Waals surface area contributed by atoms with Crippen LogP contribution >= 0.6 is 0 Å². The lowest BCUT2D eigenvalue weighted by Crippen LogP contribution is -2.33. The van der Waals surface area contributed by atoms with Crippen molar-refractivity contribution in [3.05, 3.63) is 64.7 Å². The van der Waals surface area contributed by atoms with Crippen LogP contribution in [0.25, 0.3) is 6.08 Å². The fraction of sp³-hybridized carbons (Fsp3) is 0.118. The van der Waals surface area contributed by atoms with Gasteiger partial charge in [-0.3, -0.25) is 10.0 Å². The number of aromatic hydroxyl groups is 1. The Balaban J connectivity index is 1.76. The normalized spacial score (nSPS) is 13.3.